The molecular formula is C15H18ClNO. The second-order valence-corrected chi connectivity index (χ2v) is 5.06. The Morgan fingerprint density at radius 2 is 1.89 bits per heavy atom. The van der Waals surface area contributed by atoms with Crippen molar-refractivity contribution < 1.29 is 4.42 Å². The molecule has 0 fully saturated rings. The molecule has 0 saturated carbocycles. The van der Waals surface area contributed by atoms with Gasteiger partial charge in [-0.15, -0.1) is 0 Å². The van der Waals surface area contributed by atoms with Crippen LogP contribution in [0.25, 0.3) is 0 Å². The van der Waals surface area contributed by atoms with E-state index >= 15 is 0 Å². The van der Waals surface area contributed by atoms with Crippen molar-refractivity contribution in [2.75, 3.05) is 0 Å². The van der Waals surface area contributed by atoms with Gasteiger partial charge in [-0.25, -0.2) is 0 Å². The van der Waals surface area contributed by atoms with Crippen LogP contribution in [-0.4, -0.2) is 6.04 Å². The summed E-state index contributed by atoms with van der Waals surface area (Å²) in [6.45, 7) is 4.90. The minimum Gasteiger partial charge on any atom is -0.465 e. The minimum atomic E-state index is 0.400. The number of rotatable bonds is 5. The van der Waals surface area contributed by atoms with E-state index in [0.29, 0.717) is 6.04 Å². The van der Waals surface area contributed by atoms with Crippen molar-refractivity contribution in [3.8, 4) is 0 Å². The largest absolute Gasteiger partial charge is 0.465 e. The first kappa shape index (κ1) is 13.2. The molecule has 2 nitrogen and oxygen atoms in total. The molecule has 2 aromatic rings. The molecule has 1 unspecified atom stereocenters. The maximum absolute atomic E-state index is 5.86. The molecule has 0 aliphatic heterocycles. The van der Waals surface area contributed by atoms with Gasteiger partial charge in [0.05, 0.1) is 6.54 Å². The summed E-state index contributed by atoms with van der Waals surface area (Å²) in [5.41, 5.74) is 1.29. The Morgan fingerprint density at radius 1 is 1.17 bits per heavy atom. The van der Waals surface area contributed by atoms with Crippen LogP contribution in [0.2, 0.25) is 5.02 Å². The summed E-state index contributed by atoms with van der Waals surface area (Å²) < 4.78 is 5.52. The lowest BCUT2D eigenvalue weighted by atomic mass is 10.1. The van der Waals surface area contributed by atoms with E-state index in [2.05, 4.69) is 24.4 Å². The van der Waals surface area contributed by atoms with Crippen molar-refractivity contribution in [2.24, 2.45) is 0 Å². The first-order valence-electron chi connectivity index (χ1n) is 6.16. The molecule has 0 aliphatic carbocycles. The third kappa shape index (κ3) is 3.90. The number of furan rings is 1. The average molecular weight is 264 g/mol. The monoisotopic (exact) mass is 263 g/mol. The summed E-state index contributed by atoms with van der Waals surface area (Å²) >= 11 is 5.86. The molecule has 1 atom stereocenters. The summed E-state index contributed by atoms with van der Waals surface area (Å²) in [6, 6.07) is 12.4. The standard InChI is InChI=1S/C15H18ClNO/c1-11(9-13-4-6-14(16)7-5-13)17-10-15-8-3-12(2)18-15/h3-8,11,17H,9-10H2,1-2H3. The third-order valence-electron chi connectivity index (χ3n) is 2.88. The van der Waals surface area contributed by atoms with E-state index in [0.717, 1.165) is 29.5 Å². The van der Waals surface area contributed by atoms with Crippen molar-refractivity contribution in [1.82, 2.24) is 5.32 Å². The highest BCUT2D eigenvalue weighted by atomic mass is 35.5. The number of aryl methyl sites for hydroxylation is 1. The molecule has 0 radical (unpaired) electrons. The van der Waals surface area contributed by atoms with Crippen molar-refractivity contribution in [1.29, 1.82) is 0 Å². The van der Waals surface area contributed by atoms with Crippen LogP contribution in [0.4, 0.5) is 0 Å². The van der Waals surface area contributed by atoms with Gasteiger partial charge >= 0.3 is 0 Å². The van der Waals surface area contributed by atoms with Crippen LogP contribution in [0, 0.1) is 6.92 Å². The molecule has 0 aliphatic rings. The minimum absolute atomic E-state index is 0.400. The zero-order valence-corrected chi connectivity index (χ0v) is 11.5. The first-order valence-corrected chi connectivity index (χ1v) is 6.54. The highest BCUT2D eigenvalue weighted by molar-refractivity contribution is 6.30. The number of hydrogen-bond acceptors (Lipinski definition) is 2. The summed E-state index contributed by atoms with van der Waals surface area (Å²) in [7, 11) is 0. The first-order chi connectivity index (χ1) is 8.63. The molecule has 2 rings (SSSR count). The predicted octanol–water partition coefficient (Wildman–Crippen LogP) is 3.96. The van der Waals surface area contributed by atoms with E-state index in [1.54, 1.807) is 0 Å². The van der Waals surface area contributed by atoms with Crippen LogP contribution in [0.1, 0.15) is 24.0 Å². The van der Waals surface area contributed by atoms with Crippen molar-refractivity contribution in [3.05, 3.63) is 58.5 Å². The van der Waals surface area contributed by atoms with Gasteiger partial charge in [-0.1, -0.05) is 23.7 Å². The average Bonchev–Trinajstić information content (AvgIpc) is 2.76. The second kappa shape index (κ2) is 6.07. The van der Waals surface area contributed by atoms with Gasteiger partial charge < -0.3 is 9.73 Å². The number of benzene rings is 1. The van der Waals surface area contributed by atoms with E-state index in [4.69, 9.17) is 16.0 Å². The summed E-state index contributed by atoms with van der Waals surface area (Å²) in [5, 5.41) is 4.23. The molecule has 18 heavy (non-hydrogen) atoms. The third-order valence-corrected chi connectivity index (χ3v) is 3.13. The fourth-order valence-corrected chi connectivity index (χ4v) is 2.03. The molecule has 1 heterocycles. The zero-order valence-electron chi connectivity index (χ0n) is 10.7. The Morgan fingerprint density at radius 3 is 2.50 bits per heavy atom. The molecule has 1 aromatic carbocycles. The summed E-state index contributed by atoms with van der Waals surface area (Å²) in [5.74, 6) is 1.94. The molecular weight excluding hydrogens is 246 g/mol. The summed E-state index contributed by atoms with van der Waals surface area (Å²) in [6.07, 6.45) is 0.983. The van der Waals surface area contributed by atoms with Gasteiger partial charge in [-0.3, -0.25) is 0 Å². The topological polar surface area (TPSA) is 25.2 Å². The van der Waals surface area contributed by atoms with Crippen LogP contribution >= 0.6 is 11.6 Å². The molecule has 1 N–H and O–H groups in total. The zero-order chi connectivity index (χ0) is 13.0. The normalized spacial score (nSPS) is 12.6. The van der Waals surface area contributed by atoms with Crippen LogP contribution in [0.15, 0.2) is 40.8 Å². The second-order valence-electron chi connectivity index (χ2n) is 4.62. The molecule has 0 spiro atoms. The van der Waals surface area contributed by atoms with Crippen molar-refractivity contribution >= 4 is 11.6 Å². The lowest BCUT2D eigenvalue weighted by Gasteiger charge is -2.12. The molecule has 96 valence electrons. The van der Waals surface area contributed by atoms with Crippen LogP contribution in [0.5, 0.6) is 0 Å². The number of hydrogen-bond donors (Lipinski definition) is 1. The molecule has 1 aromatic heterocycles. The van der Waals surface area contributed by atoms with Crippen LogP contribution < -0.4 is 5.32 Å². The number of nitrogens with one attached hydrogen (secondary N) is 1. The van der Waals surface area contributed by atoms with Crippen molar-refractivity contribution in [2.45, 2.75) is 32.9 Å². The lowest BCUT2D eigenvalue weighted by molar-refractivity contribution is 0.439. The van der Waals surface area contributed by atoms with Gasteiger partial charge in [0.2, 0.25) is 0 Å². The number of halogens is 1. The van der Waals surface area contributed by atoms with Crippen LogP contribution in [0.3, 0.4) is 0 Å². The van der Waals surface area contributed by atoms with E-state index in [-0.39, 0.29) is 0 Å². The Bertz CT molecular complexity index is 489. The summed E-state index contributed by atoms with van der Waals surface area (Å²) in [4.78, 5) is 0. The highest BCUT2D eigenvalue weighted by Gasteiger charge is 2.05. The lowest BCUT2D eigenvalue weighted by Crippen LogP contribution is -2.27. The molecule has 0 amide bonds. The van der Waals surface area contributed by atoms with Gasteiger partial charge in [0.15, 0.2) is 0 Å². The Balaban J connectivity index is 1.81. The predicted molar refractivity (Wildman–Crippen MR) is 74.9 cm³/mol. The Hall–Kier alpha value is -1.25. The quantitative estimate of drug-likeness (QED) is 0.883. The molecule has 0 saturated heterocycles. The van der Waals surface area contributed by atoms with E-state index in [1.807, 2.05) is 31.2 Å². The van der Waals surface area contributed by atoms with Gasteiger partial charge in [-0.05, 0) is 50.1 Å². The van der Waals surface area contributed by atoms with E-state index in [1.165, 1.54) is 5.56 Å². The van der Waals surface area contributed by atoms with Gasteiger partial charge in [-0.2, -0.15) is 0 Å². The Kier molecular flexibility index (Phi) is 4.45. The van der Waals surface area contributed by atoms with Gasteiger partial charge in [0.25, 0.3) is 0 Å². The maximum Gasteiger partial charge on any atom is 0.117 e. The van der Waals surface area contributed by atoms with Gasteiger partial charge in [0, 0.05) is 11.1 Å². The van der Waals surface area contributed by atoms with Crippen molar-refractivity contribution in [3.63, 3.8) is 0 Å². The van der Waals surface area contributed by atoms with E-state index < -0.39 is 0 Å². The van der Waals surface area contributed by atoms with Gasteiger partial charge in [0.1, 0.15) is 11.5 Å². The van der Waals surface area contributed by atoms with E-state index in [9.17, 15) is 0 Å². The Labute approximate surface area is 113 Å². The maximum atomic E-state index is 5.86. The fourth-order valence-electron chi connectivity index (χ4n) is 1.90. The highest BCUT2D eigenvalue weighted by Crippen LogP contribution is 2.11. The van der Waals surface area contributed by atoms with Crippen LogP contribution in [-0.2, 0) is 13.0 Å². The molecule has 0 bridgehead atoms. The smallest absolute Gasteiger partial charge is 0.117 e. The fraction of sp³-hybridized carbons (Fsp3) is 0.333. The molecule has 3 heteroatoms. The SMILES string of the molecule is Cc1ccc(CNC(C)Cc2ccc(Cl)cc2)o1.